The van der Waals surface area contributed by atoms with E-state index in [1.165, 1.54) is 0 Å². The number of nitrogens with two attached hydrogens (primary N) is 1. The molecule has 0 spiro atoms. The van der Waals surface area contributed by atoms with Crippen LogP contribution in [-0.4, -0.2) is 35.4 Å². The smallest absolute Gasteiger partial charge is 0.254 e. The van der Waals surface area contributed by atoms with Gasteiger partial charge in [0.25, 0.3) is 5.91 Å². The lowest BCUT2D eigenvalue weighted by molar-refractivity contribution is -0.114. The Morgan fingerprint density at radius 2 is 2.00 bits per heavy atom. The molecule has 0 unspecified atom stereocenters. The average molecular weight is 373 g/mol. The third kappa shape index (κ3) is 2.99. The quantitative estimate of drug-likeness (QED) is 0.697. The van der Waals surface area contributed by atoms with Gasteiger partial charge in [0.2, 0.25) is 5.91 Å². The van der Waals surface area contributed by atoms with Crippen molar-refractivity contribution in [3.63, 3.8) is 0 Å². The minimum atomic E-state index is -0.596. The molecule has 0 bridgehead atoms. The third-order valence-electron chi connectivity index (χ3n) is 5.01. The lowest BCUT2D eigenvalue weighted by Crippen LogP contribution is -2.30. The van der Waals surface area contributed by atoms with Crippen LogP contribution in [0.15, 0.2) is 60.9 Å². The van der Waals surface area contributed by atoms with E-state index in [9.17, 15) is 9.59 Å². The molecule has 6 heteroatoms. The van der Waals surface area contributed by atoms with Gasteiger partial charge in [-0.05, 0) is 40.1 Å². The van der Waals surface area contributed by atoms with Gasteiger partial charge in [-0.2, -0.15) is 0 Å². The predicted octanol–water partition coefficient (Wildman–Crippen LogP) is 2.91. The molecule has 140 valence electrons. The lowest BCUT2D eigenvalue weighted by atomic mass is 9.97. The number of methoxy groups -OCH3 is 1. The van der Waals surface area contributed by atoms with E-state index in [4.69, 9.17) is 10.5 Å². The molecule has 1 aliphatic heterocycles. The number of ether oxygens (including phenoxy) is 1. The first-order valence-corrected chi connectivity index (χ1v) is 8.80. The first-order chi connectivity index (χ1) is 13.5. The normalized spacial score (nSPS) is 12.9. The van der Waals surface area contributed by atoms with Crippen molar-refractivity contribution in [3.8, 4) is 16.9 Å². The fourth-order valence-electron chi connectivity index (χ4n) is 3.49. The van der Waals surface area contributed by atoms with Gasteiger partial charge in [-0.1, -0.05) is 24.8 Å². The summed E-state index contributed by atoms with van der Waals surface area (Å²) in [5.74, 6) is -0.0311. The van der Waals surface area contributed by atoms with Gasteiger partial charge >= 0.3 is 0 Å². The maximum absolute atomic E-state index is 12.7. The van der Waals surface area contributed by atoms with E-state index in [2.05, 4.69) is 17.6 Å². The van der Waals surface area contributed by atoms with Crippen LogP contribution in [0.25, 0.3) is 21.9 Å². The third-order valence-corrected chi connectivity index (χ3v) is 5.01. The molecule has 3 aromatic rings. The molecule has 6 nitrogen and oxygen atoms in total. The van der Waals surface area contributed by atoms with Crippen LogP contribution < -0.4 is 10.5 Å². The van der Waals surface area contributed by atoms with Gasteiger partial charge in [-0.15, -0.1) is 0 Å². The molecule has 2 aromatic carbocycles. The molecule has 2 amide bonds. The number of amides is 2. The van der Waals surface area contributed by atoms with Crippen LogP contribution in [0.4, 0.5) is 0 Å². The van der Waals surface area contributed by atoms with Crippen LogP contribution in [0.1, 0.15) is 15.9 Å². The van der Waals surface area contributed by atoms with E-state index in [-0.39, 0.29) is 18.0 Å². The van der Waals surface area contributed by atoms with E-state index in [1.807, 2.05) is 30.3 Å². The van der Waals surface area contributed by atoms with Gasteiger partial charge in [0.1, 0.15) is 5.75 Å². The molecule has 0 fully saturated rings. The number of aromatic nitrogens is 1. The largest absolute Gasteiger partial charge is 0.495 e. The number of carbonyl (C=O) groups excluding carboxylic acids is 2. The van der Waals surface area contributed by atoms with Gasteiger partial charge in [-0.3, -0.25) is 14.6 Å². The van der Waals surface area contributed by atoms with Crippen molar-refractivity contribution in [1.29, 1.82) is 0 Å². The van der Waals surface area contributed by atoms with Crippen LogP contribution >= 0.6 is 0 Å². The second-order valence-electron chi connectivity index (χ2n) is 6.77. The monoisotopic (exact) mass is 373 g/mol. The molecule has 1 aromatic heterocycles. The summed E-state index contributed by atoms with van der Waals surface area (Å²) in [5, 5.41) is 2.04. The number of benzene rings is 2. The van der Waals surface area contributed by atoms with E-state index in [1.54, 1.807) is 24.4 Å². The van der Waals surface area contributed by atoms with Crippen LogP contribution in [0.3, 0.4) is 0 Å². The fourth-order valence-corrected chi connectivity index (χ4v) is 3.49. The zero-order valence-electron chi connectivity index (χ0n) is 15.4. The number of nitrogens with zero attached hydrogens (tertiary/aromatic N) is 2. The second kappa shape index (κ2) is 6.81. The van der Waals surface area contributed by atoms with Crippen molar-refractivity contribution < 1.29 is 14.3 Å². The Balaban J connectivity index is 1.76. The van der Waals surface area contributed by atoms with E-state index >= 15 is 0 Å². The van der Waals surface area contributed by atoms with Crippen molar-refractivity contribution in [2.24, 2.45) is 5.73 Å². The van der Waals surface area contributed by atoms with Crippen LogP contribution in [0, 0.1) is 0 Å². The topological polar surface area (TPSA) is 85.5 Å². The minimum Gasteiger partial charge on any atom is -0.495 e. The Hall–Kier alpha value is -3.67. The first-order valence-electron chi connectivity index (χ1n) is 8.80. The molecule has 0 saturated carbocycles. The van der Waals surface area contributed by atoms with Crippen LogP contribution in [-0.2, 0) is 11.3 Å². The molecule has 2 heterocycles. The Labute approximate surface area is 162 Å². The highest BCUT2D eigenvalue weighted by atomic mass is 16.5. The zero-order valence-corrected chi connectivity index (χ0v) is 15.4. The highest BCUT2D eigenvalue weighted by Gasteiger charge is 2.29. The predicted molar refractivity (Wildman–Crippen MR) is 107 cm³/mol. The van der Waals surface area contributed by atoms with E-state index < -0.39 is 5.91 Å². The molecule has 4 rings (SSSR count). The number of primary amides is 1. The first kappa shape index (κ1) is 17.7. The number of pyridine rings is 1. The van der Waals surface area contributed by atoms with Gasteiger partial charge in [-0.25, -0.2) is 0 Å². The summed E-state index contributed by atoms with van der Waals surface area (Å²) in [4.78, 5) is 29.9. The molecule has 0 atom stereocenters. The Bertz CT molecular complexity index is 1140. The van der Waals surface area contributed by atoms with Crippen molar-refractivity contribution in [2.75, 3.05) is 13.7 Å². The summed E-state index contributed by atoms with van der Waals surface area (Å²) in [6, 6.07) is 11.8. The van der Waals surface area contributed by atoms with Crippen molar-refractivity contribution >= 4 is 22.6 Å². The molecular weight excluding hydrogens is 354 g/mol. The SMILES string of the molecule is C=C(CN1Cc2c(ccc3ccc(-c4cncc(OC)c4)cc23)C1=O)C(N)=O. The molecule has 1 aliphatic rings. The number of hydrogen-bond donors (Lipinski definition) is 1. The number of rotatable bonds is 5. The molecule has 0 aliphatic carbocycles. The molecule has 0 radical (unpaired) electrons. The van der Waals surface area contributed by atoms with Gasteiger partial charge in [0, 0.05) is 29.4 Å². The van der Waals surface area contributed by atoms with Gasteiger partial charge < -0.3 is 15.4 Å². The van der Waals surface area contributed by atoms with Crippen LogP contribution in [0.5, 0.6) is 5.75 Å². The molecular formula is C22H19N3O3. The Morgan fingerprint density at radius 3 is 2.75 bits per heavy atom. The lowest BCUT2D eigenvalue weighted by Gasteiger charge is -2.15. The summed E-state index contributed by atoms with van der Waals surface area (Å²) in [6.07, 6.45) is 3.44. The summed E-state index contributed by atoms with van der Waals surface area (Å²) in [6.45, 7) is 4.20. The highest BCUT2D eigenvalue weighted by Crippen LogP contribution is 2.33. The van der Waals surface area contributed by atoms with E-state index in [0.717, 1.165) is 27.5 Å². The van der Waals surface area contributed by atoms with Crippen LogP contribution in [0.2, 0.25) is 0 Å². The highest BCUT2D eigenvalue weighted by molar-refractivity contribution is 6.05. The fraction of sp³-hybridized carbons (Fsp3) is 0.136. The second-order valence-corrected chi connectivity index (χ2v) is 6.77. The van der Waals surface area contributed by atoms with Crippen molar-refractivity contribution in [1.82, 2.24) is 9.88 Å². The summed E-state index contributed by atoms with van der Waals surface area (Å²) in [5.41, 5.74) is 8.99. The molecule has 0 saturated heterocycles. The molecule has 28 heavy (non-hydrogen) atoms. The molecule has 2 N–H and O–H groups in total. The summed E-state index contributed by atoms with van der Waals surface area (Å²) in [7, 11) is 1.61. The summed E-state index contributed by atoms with van der Waals surface area (Å²) >= 11 is 0. The number of carbonyl (C=O) groups is 2. The minimum absolute atomic E-state index is 0.118. The number of hydrogen-bond acceptors (Lipinski definition) is 4. The Morgan fingerprint density at radius 1 is 1.21 bits per heavy atom. The zero-order chi connectivity index (χ0) is 19.8. The maximum atomic E-state index is 12.7. The Kier molecular flexibility index (Phi) is 4.31. The summed E-state index contributed by atoms with van der Waals surface area (Å²) < 4.78 is 5.26. The average Bonchev–Trinajstić information content (AvgIpc) is 3.03. The standard InChI is InChI=1S/C22H19N3O3/c1-13(21(23)26)11-25-12-20-18(22(25)27)6-5-14-3-4-15(8-19(14)20)16-7-17(28-2)10-24-9-16/h3-10H,1,11-12H2,2H3,(H2,23,26). The maximum Gasteiger partial charge on any atom is 0.254 e. The van der Waals surface area contributed by atoms with Crippen molar-refractivity contribution in [3.05, 3.63) is 72.1 Å². The van der Waals surface area contributed by atoms with E-state index in [0.29, 0.717) is 17.9 Å². The van der Waals surface area contributed by atoms with Crippen molar-refractivity contribution in [2.45, 2.75) is 6.54 Å². The van der Waals surface area contributed by atoms with Gasteiger partial charge in [0.05, 0.1) is 19.9 Å². The number of fused-ring (bicyclic) bond motifs is 3. The van der Waals surface area contributed by atoms with Gasteiger partial charge in [0.15, 0.2) is 0 Å².